The van der Waals surface area contributed by atoms with E-state index in [9.17, 15) is 0 Å². The van der Waals surface area contributed by atoms with Crippen LogP contribution in [0, 0.1) is 0 Å². The molecule has 0 unspecified atom stereocenters. The van der Waals surface area contributed by atoms with E-state index in [1.165, 1.54) is 0 Å². The van der Waals surface area contributed by atoms with Gasteiger partial charge in [0.05, 0.1) is 12.8 Å². The normalized spacial score (nSPS) is 11.6. The Hall–Kier alpha value is -1.16. The summed E-state index contributed by atoms with van der Waals surface area (Å²) in [5, 5.41) is 0. The summed E-state index contributed by atoms with van der Waals surface area (Å²) in [7, 11) is 1.64. The van der Waals surface area contributed by atoms with Crippen LogP contribution >= 0.6 is 0 Å². The molecule has 0 aliphatic rings. The zero-order chi connectivity index (χ0) is 12.2. The summed E-state index contributed by atoms with van der Waals surface area (Å²) in [5.41, 5.74) is 7.68. The van der Waals surface area contributed by atoms with Gasteiger partial charge in [0.15, 0.2) is 0 Å². The second-order valence-electron chi connectivity index (χ2n) is 4.85. The molecule has 0 fully saturated rings. The number of ether oxygens (including phenoxy) is 1. The Balaban J connectivity index is 3.15. The van der Waals surface area contributed by atoms with Crippen molar-refractivity contribution < 1.29 is 4.74 Å². The molecule has 0 spiro atoms. The fraction of sp³-hybridized carbons (Fsp3) is 0.667. The van der Waals surface area contributed by atoms with Crippen molar-refractivity contribution in [3.05, 3.63) is 17.6 Å². The predicted octanol–water partition coefficient (Wildman–Crippen LogP) is 1.67. The number of nitrogens with two attached hydrogens (primary N) is 1. The molecule has 0 saturated heterocycles. The Morgan fingerprint density at radius 3 is 2.50 bits per heavy atom. The Morgan fingerprint density at radius 1 is 1.31 bits per heavy atom. The van der Waals surface area contributed by atoms with Gasteiger partial charge in [-0.15, -0.1) is 0 Å². The van der Waals surface area contributed by atoms with Crippen LogP contribution in [-0.4, -0.2) is 23.6 Å². The van der Waals surface area contributed by atoms with Gasteiger partial charge in [-0.05, 0) is 19.4 Å². The van der Waals surface area contributed by atoms with E-state index < -0.39 is 0 Å². The number of aromatic nitrogens is 2. The zero-order valence-electron chi connectivity index (χ0n) is 10.6. The molecule has 2 N–H and O–H groups in total. The minimum Gasteiger partial charge on any atom is -0.481 e. The van der Waals surface area contributed by atoms with Crippen molar-refractivity contribution in [2.75, 3.05) is 13.7 Å². The average molecular weight is 223 g/mol. The van der Waals surface area contributed by atoms with Crippen LogP contribution in [0.3, 0.4) is 0 Å². The summed E-state index contributed by atoms with van der Waals surface area (Å²) < 4.78 is 5.29. The Bertz CT molecular complexity index is 345. The molecule has 90 valence electrons. The second kappa shape index (κ2) is 5.25. The highest BCUT2D eigenvalue weighted by atomic mass is 16.5. The van der Waals surface area contributed by atoms with Crippen LogP contribution in [0.5, 0.6) is 5.88 Å². The minimum absolute atomic E-state index is 0.000151. The van der Waals surface area contributed by atoms with E-state index in [0.717, 1.165) is 24.1 Å². The summed E-state index contributed by atoms with van der Waals surface area (Å²) in [6, 6.07) is 0. The molecule has 0 aliphatic carbocycles. The maximum absolute atomic E-state index is 5.55. The smallest absolute Gasteiger partial charge is 0.219 e. The molecule has 0 atom stereocenters. The number of hydrogen-bond donors (Lipinski definition) is 1. The lowest BCUT2D eigenvalue weighted by molar-refractivity contribution is 0.386. The first-order valence-electron chi connectivity index (χ1n) is 5.59. The molecule has 0 bridgehead atoms. The third-order valence-corrected chi connectivity index (χ3v) is 2.44. The lowest BCUT2D eigenvalue weighted by Crippen LogP contribution is -2.18. The number of methoxy groups -OCH3 is 1. The number of nitrogens with zero attached hydrogens (tertiary/aromatic N) is 2. The third kappa shape index (κ3) is 2.92. The molecule has 4 nitrogen and oxygen atoms in total. The van der Waals surface area contributed by atoms with Crippen LogP contribution in [0.4, 0.5) is 0 Å². The Kier molecular flexibility index (Phi) is 4.24. The molecule has 0 saturated carbocycles. The fourth-order valence-electron chi connectivity index (χ4n) is 1.72. The van der Waals surface area contributed by atoms with Gasteiger partial charge < -0.3 is 10.5 Å². The lowest BCUT2D eigenvalue weighted by Gasteiger charge is -2.22. The van der Waals surface area contributed by atoms with Gasteiger partial charge in [-0.1, -0.05) is 20.8 Å². The highest BCUT2D eigenvalue weighted by molar-refractivity contribution is 5.34. The SMILES string of the molecule is COc1ncnc(C(C)(C)C)c1CCCN. The van der Waals surface area contributed by atoms with Crippen molar-refractivity contribution in [2.45, 2.75) is 39.0 Å². The number of hydrogen-bond acceptors (Lipinski definition) is 4. The minimum atomic E-state index is 0.000151. The predicted molar refractivity (Wildman–Crippen MR) is 64.7 cm³/mol. The van der Waals surface area contributed by atoms with Crippen molar-refractivity contribution in [3.8, 4) is 5.88 Å². The highest BCUT2D eigenvalue weighted by Crippen LogP contribution is 2.28. The van der Waals surface area contributed by atoms with Crippen molar-refractivity contribution in [2.24, 2.45) is 5.73 Å². The Morgan fingerprint density at radius 2 is 2.00 bits per heavy atom. The fourth-order valence-corrected chi connectivity index (χ4v) is 1.72. The van der Waals surface area contributed by atoms with Crippen LogP contribution in [0.1, 0.15) is 38.4 Å². The van der Waals surface area contributed by atoms with Crippen LogP contribution in [0.25, 0.3) is 0 Å². The van der Waals surface area contributed by atoms with Gasteiger partial charge in [-0.25, -0.2) is 9.97 Å². The van der Waals surface area contributed by atoms with E-state index in [1.807, 2.05) is 0 Å². The van der Waals surface area contributed by atoms with Gasteiger partial charge in [0.25, 0.3) is 0 Å². The van der Waals surface area contributed by atoms with E-state index >= 15 is 0 Å². The van der Waals surface area contributed by atoms with E-state index in [1.54, 1.807) is 13.4 Å². The van der Waals surface area contributed by atoms with Crippen LogP contribution in [0.15, 0.2) is 6.33 Å². The maximum Gasteiger partial charge on any atom is 0.219 e. The molecule has 0 amide bonds. The summed E-state index contributed by atoms with van der Waals surface area (Å²) in [6.07, 6.45) is 3.35. The summed E-state index contributed by atoms with van der Waals surface area (Å²) in [6.45, 7) is 7.09. The molecule has 1 rings (SSSR count). The van der Waals surface area contributed by atoms with Gasteiger partial charge in [-0.3, -0.25) is 0 Å². The molecule has 0 radical (unpaired) electrons. The molecular formula is C12H21N3O. The molecular weight excluding hydrogens is 202 g/mol. The topological polar surface area (TPSA) is 61.0 Å². The molecule has 0 aromatic carbocycles. The zero-order valence-corrected chi connectivity index (χ0v) is 10.6. The quantitative estimate of drug-likeness (QED) is 0.843. The lowest BCUT2D eigenvalue weighted by atomic mass is 9.87. The number of rotatable bonds is 4. The highest BCUT2D eigenvalue weighted by Gasteiger charge is 2.22. The molecule has 1 heterocycles. The maximum atomic E-state index is 5.55. The van der Waals surface area contributed by atoms with E-state index in [2.05, 4.69) is 30.7 Å². The summed E-state index contributed by atoms with van der Waals surface area (Å²) in [5.74, 6) is 0.674. The largest absolute Gasteiger partial charge is 0.481 e. The van der Waals surface area contributed by atoms with Crippen molar-refractivity contribution >= 4 is 0 Å². The van der Waals surface area contributed by atoms with Crippen LogP contribution < -0.4 is 10.5 Å². The molecule has 4 heteroatoms. The van der Waals surface area contributed by atoms with Crippen molar-refractivity contribution in [1.29, 1.82) is 0 Å². The van der Waals surface area contributed by atoms with Crippen molar-refractivity contribution in [3.63, 3.8) is 0 Å². The molecule has 16 heavy (non-hydrogen) atoms. The molecule has 1 aromatic rings. The first kappa shape index (κ1) is 12.9. The van der Waals surface area contributed by atoms with Gasteiger partial charge in [0.1, 0.15) is 6.33 Å². The van der Waals surface area contributed by atoms with Gasteiger partial charge in [0.2, 0.25) is 5.88 Å². The van der Waals surface area contributed by atoms with Crippen LogP contribution in [-0.2, 0) is 11.8 Å². The van der Waals surface area contributed by atoms with E-state index in [0.29, 0.717) is 12.4 Å². The van der Waals surface area contributed by atoms with Crippen molar-refractivity contribution in [1.82, 2.24) is 9.97 Å². The van der Waals surface area contributed by atoms with Gasteiger partial charge in [0, 0.05) is 11.0 Å². The van der Waals surface area contributed by atoms with E-state index in [4.69, 9.17) is 10.5 Å². The molecule has 1 aromatic heterocycles. The van der Waals surface area contributed by atoms with Gasteiger partial charge >= 0.3 is 0 Å². The first-order chi connectivity index (χ1) is 7.50. The Labute approximate surface area is 97.2 Å². The monoisotopic (exact) mass is 223 g/mol. The second-order valence-corrected chi connectivity index (χ2v) is 4.85. The van der Waals surface area contributed by atoms with E-state index in [-0.39, 0.29) is 5.41 Å². The molecule has 0 aliphatic heterocycles. The first-order valence-corrected chi connectivity index (χ1v) is 5.59. The summed E-state index contributed by atoms with van der Waals surface area (Å²) in [4.78, 5) is 8.53. The van der Waals surface area contributed by atoms with Crippen LogP contribution in [0.2, 0.25) is 0 Å². The van der Waals surface area contributed by atoms with Gasteiger partial charge in [-0.2, -0.15) is 0 Å². The summed E-state index contributed by atoms with van der Waals surface area (Å²) >= 11 is 0. The third-order valence-electron chi connectivity index (χ3n) is 2.44. The average Bonchev–Trinajstić information content (AvgIpc) is 2.24. The standard InChI is InChI=1S/C12H21N3O/c1-12(2,3)10-9(6-5-7-13)11(16-4)15-8-14-10/h8H,5-7,13H2,1-4H3.